The molecule has 0 N–H and O–H groups in total. The van der Waals surface area contributed by atoms with Crippen LogP contribution in [0, 0.1) is 35.5 Å². The first-order chi connectivity index (χ1) is 15.6. The third-order valence-corrected chi connectivity index (χ3v) is 12.3. The van der Waals surface area contributed by atoms with Gasteiger partial charge in [-0.1, -0.05) is 120 Å². The molecule has 2 rings (SSSR count). The van der Waals surface area contributed by atoms with Crippen LogP contribution < -0.4 is 0 Å². The van der Waals surface area contributed by atoms with E-state index in [1.165, 1.54) is 103 Å². The minimum Gasteiger partial charge on any atom is -0.149 e. The number of rotatable bonds is 12. The summed E-state index contributed by atoms with van der Waals surface area (Å²) in [6.07, 6.45) is 23.3. The summed E-state index contributed by atoms with van der Waals surface area (Å²) in [6.45, 7) is 20.1. The van der Waals surface area contributed by atoms with Crippen LogP contribution in [0.3, 0.4) is 0 Å². The zero-order chi connectivity index (χ0) is 24.5. The van der Waals surface area contributed by atoms with E-state index in [2.05, 4.69) is 67.2 Å². The van der Waals surface area contributed by atoms with E-state index in [9.17, 15) is 0 Å². The van der Waals surface area contributed by atoms with Gasteiger partial charge in [-0.25, -0.2) is 0 Å². The smallest absolute Gasteiger partial charge is 0.0165 e. The first-order valence-corrected chi connectivity index (χ1v) is 16.1. The fourth-order valence-corrected chi connectivity index (χ4v) is 9.34. The van der Waals surface area contributed by atoms with Gasteiger partial charge < -0.3 is 0 Å². The van der Waals surface area contributed by atoms with Gasteiger partial charge in [-0.15, -0.1) is 11.8 Å². The highest BCUT2D eigenvalue weighted by Crippen LogP contribution is 2.54. The Labute approximate surface area is 214 Å². The number of hydrogen-bond acceptors (Lipinski definition) is 1. The molecule has 0 radical (unpaired) electrons. The number of thioether (sulfide) groups is 1. The van der Waals surface area contributed by atoms with Crippen LogP contribution in [0.25, 0.3) is 0 Å². The van der Waals surface area contributed by atoms with Crippen LogP contribution in [-0.2, 0) is 0 Å². The Balaban J connectivity index is 1.99. The van der Waals surface area contributed by atoms with Crippen molar-refractivity contribution in [2.75, 3.05) is 0 Å². The van der Waals surface area contributed by atoms with Gasteiger partial charge in [0.15, 0.2) is 0 Å². The molecular weight excluding hydrogens is 416 g/mol. The Hall–Kier alpha value is 0.350. The van der Waals surface area contributed by atoms with E-state index in [0.717, 1.165) is 35.5 Å². The molecule has 7 unspecified atom stereocenters. The maximum Gasteiger partial charge on any atom is 0.0165 e. The second kappa shape index (κ2) is 14.2. The normalized spacial score (nSPS) is 34.5. The van der Waals surface area contributed by atoms with Crippen LogP contribution in [-0.4, -0.2) is 9.49 Å². The molecule has 0 bridgehead atoms. The zero-order valence-electron chi connectivity index (χ0n) is 24.2. The zero-order valence-corrected chi connectivity index (χ0v) is 25.0. The van der Waals surface area contributed by atoms with Gasteiger partial charge in [0, 0.05) is 9.49 Å². The fourth-order valence-electron chi connectivity index (χ4n) is 7.10. The van der Waals surface area contributed by atoms with E-state index in [-0.39, 0.29) is 0 Å². The molecule has 0 amide bonds. The van der Waals surface area contributed by atoms with Gasteiger partial charge in [0.1, 0.15) is 0 Å². The van der Waals surface area contributed by atoms with Gasteiger partial charge in [0.05, 0.1) is 0 Å². The maximum atomic E-state index is 2.70. The van der Waals surface area contributed by atoms with Crippen LogP contribution >= 0.6 is 11.8 Å². The van der Waals surface area contributed by atoms with Crippen molar-refractivity contribution >= 4 is 11.8 Å². The lowest BCUT2D eigenvalue weighted by atomic mass is 9.78. The third-order valence-electron chi connectivity index (χ3n) is 10.4. The van der Waals surface area contributed by atoms with Crippen LogP contribution in [0.15, 0.2) is 0 Å². The van der Waals surface area contributed by atoms with Gasteiger partial charge in [-0.3, -0.25) is 0 Å². The monoisotopic (exact) mass is 478 g/mol. The molecule has 0 aromatic rings. The molecule has 33 heavy (non-hydrogen) atoms. The Bertz CT molecular complexity index is 527. The van der Waals surface area contributed by atoms with E-state index < -0.39 is 0 Å². The maximum absolute atomic E-state index is 2.70. The predicted molar refractivity (Wildman–Crippen MR) is 153 cm³/mol. The largest absolute Gasteiger partial charge is 0.149 e. The Morgan fingerprint density at radius 2 is 1.48 bits per heavy atom. The van der Waals surface area contributed by atoms with E-state index in [1.54, 1.807) is 0 Å². The molecule has 0 spiro atoms. The van der Waals surface area contributed by atoms with Crippen molar-refractivity contribution in [2.24, 2.45) is 35.5 Å². The first-order valence-electron chi connectivity index (χ1n) is 15.3. The lowest BCUT2D eigenvalue weighted by Gasteiger charge is -2.44. The minimum atomic E-state index is 0.504. The summed E-state index contributed by atoms with van der Waals surface area (Å²) < 4.78 is 1.01. The molecule has 2 aliphatic rings. The average molecular weight is 479 g/mol. The summed E-state index contributed by atoms with van der Waals surface area (Å²) >= 11 is 2.48. The second-order valence-corrected chi connectivity index (χ2v) is 15.6. The summed E-state index contributed by atoms with van der Waals surface area (Å²) in [5.41, 5.74) is 0. The fraction of sp³-hybridized carbons (Fsp3) is 1.00. The minimum absolute atomic E-state index is 0.504. The molecule has 2 aliphatic carbocycles. The van der Waals surface area contributed by atoms with E-state index in [4.69, 9.17) is 0 Å². The highest BCUT2D eigenvalue weighted by Gasteiger charge is 2.42. The van der Waals surface area contributed by atoms with Crippen LogP contribution in [0.2, 0.25) is 0 Å². The summed E-state index contributed by atoms with van der Waals surface area (Å²) in [5.74, 6) is 5.44. The van der Waals surface area contributed by atoms with Crippen molar-refractivity contribution < 1.29 is 0 Å². The van der Waals surface area contributed by atoms with Crippen molar-refractivity contribution in [2.45, 2.75) is 168 Å². The summed E-state index contributed by atoms with van der Waals surface area (Å²) in [4.78, 5) is 0. The summed E-state index contributed by atoms with van der Waals surface area (Å²) in [6, 6.07) is 0. The second-order valence-electron chi connectivity index (χ2n) is 13.5. The predicted octanol–water partition coefficient (Wildman–Crippen LogP) is 11.3. The molecule has 0 aromatic carbocycles. The van der Waals surface area contributed by atoms with Crippen molar-refractivity contribution in [3.8, 4) is 0 Å². The Morgan fingerprint density at radius 3 is 2.18 bits per heavy atom. The van der Waals surface area contributed by atoms with Gasteiger partial charge in [0.2, 0.25) is 0 Å². The summed E-state index contributed by atoms with van der Waals surface area (Å²) in [5, 5.41) is 0. The van der Waals surface area contributed by atoms with E-state index in [1.807, 2.05) is 0 Å². The Kier molecular flexibility index (Phi) is 12.7. The van der Waals surface area contributed by atoms with Crippen molar-refractivity contribution in [1.82, 2.24) is 0 Å². The van der Waals surface area contributed by atoms with Crippen molar-refractivity contribution in [3.63, 3.8) is 0 Å². The molecule has 0 heterocycles. The SMILES string of the molecule is CCCCC(C)C(C)C1CCCC(C)(SC2(C)CCCCCC2CCCC(C)C(C)C)CC1. The molecule has 2 saturated carbocycles. The third kappa shape index (κ3) is 9.38. The molecule has 2 fully saturated rings. The quantitative estimate of drug-likeness (QED) is 0.251. The van der Waals surface area contributed by atoms with Gasteiger partial charge in [-0.05, 0) is 74.0 Å². The first kappa shape index (κ1) is 29.6. The molecule has 0 saturated heterocycles. The lowest BCUT2D eigenvalue weighted by molar-refractivity contribution is 0.224. The summed E-state index contributed by atoms with van der Waals surface area (Å²) in [7, 11) is 0. The van der Waals surface area contributed by atoms with E-state index >= 15 is 0 Å². The van der Waals surface area contributed by atoms with Gasteiger partial charge in [-0.2, -0.15) is 0 Å². The average Bonchev–Trinajstić information content (AvgIpc) is 3.06. The topological polar surface area (TPSA) is 0 Å². The van der Waals surface area contributed by atoms with Crippen molar-refractivity contribution in [3.05, 3.63) is 0 Å². The van der Waals surface area contributed by atoms with Crippen LogP contribution in [0.4, 0.5) is 0 Å². The molecule has 1 heteroatoms. The standard InChI is InChI=1S/C32H62S/c1-9-10-16-27(5)28(6)29-18-15-22-31(7,24-21-29)33-32(8)23-13-11-12-19-30(32)20-14-17-26(4)25(2)3/h25-30H,9-24H2,1-8H3. The molecule has 0 aliphatic heterocycles. The Morgan fingerprint density at radius 1 is 0.758 bits per heavy atom. The number of unbranched alkanes of at least 4 members (excludes halogenated alkanes) is 1. The lowest BCUT2D eigenvalue weighted by Crippen LogP contribution is -2.37. The highest BCUT2D eigenvalue weighted by molar-refractivity contribution is 8.02. The van der Waals surface area contributed by atoms with E-state index in [0.29, 0.717) is 9.49 Å². The highest BCUT2D eigenvalue weighted by atomic mass is 32.2. The van der Waals surface area contributed by atoms with Crippen LogP contribution in [0.1, 0.15) is 158 Å². The molecule has 196 valence electrons. The van der Waals surface area contributed by atoms with Crippen molar-refractivity contribution in [1.29, 1.82) is 0 Å². The molecule has 7 atom stereocenters. The van der Waals surface area contributed by atoms with Gasteiger partial charge >= 0.3 is 0 Å². The van der Waals surface area contributed by atoms with Crippen LogP contribution in [0.5, 0.6) is 0 Å². The molecular formula is C32H62S. The molecule has 0 aromatic heterocycles. The van der Waals surface area contributed by atoms with Gasteiger partial charge in [0.25, 0.3) is 0 Å². The number of hydrogen-bond donors (Lipinski definition) is 0. The molecule has 0 nitrogen and oxygen atoms in total.